The van der Waals surface area contributed by atoms with Crippen LogP contribution in [0.4, 0.5) is 15.8 Å². The Balaban J connectivity index is 1.65. The molecule has 7 heteroatoms. The number of morpholine rings is 1. The SMILES string of the molecule is Cc1ccc(NC(=O)CSC(=Nc2ccccc2)N2CCOCC2)cc1F. The van der Waals surface area contributed by atoms with E-state index in [1.165, 1.54) is 17.8 Å². The van der Waals surface area contributed by atoms with Crippen molar-refractivity contribution in [2.24, 2.45) is 4.99 Å². The first kappa shape index (κ1) is 19.4. The number of nitrogens with zero attached hydrogens (tertiary/aromatic N) is 2. The van der Waals surface area contributed by atoms with Crippen molar-refractivity contribution < 1.29 is 13.9 Å². The van der Waals surface area contributed by atoms with E-state index < -0.39 is 0 Å². The summed E-state index contributed by atoms with van der Waals surface area (Å²) in [6, 6.07) is 14.3. The van der Waals surface area contributed by atoms with Gasteiger partial charge in [-0.1, -0.05) is 36.0 Å². The number of carbonyl (C=O) groups is 1. The maximum atomic E-state index is 13.6. The first-order chi connectivity index (χ1) is 13.1. The lowest BCUT2D eigenvalue weighted by Gasteiger charge is -2.29. The standard InChI is InChI=1S/C20H22FN3O2S/c1-15-7-8-17(13-18(15)21)22-19(25)14-27-20(24-9-11-26-12-10-24)23-16-5-3-2-4-6-16/h2-8,13H,9-12,14H2,1H3,(H,22,25). The quantitative estimate of drug-likeness (QED) is 0.640. The third kappa shape index (κ3) is 5.80. The second kappa shape index (κ2) is 9.53. The summed E-state index contributed by atoms with van der Waals surface area (Å²) in [4.78, 5) is 19.1. The van der Waals surface area contributed by atoms with Crippen LogP contribution in [0.25, 0.3) is 0 Å². The van der Waals surface area contributed by atoms with E-state index in [2.05, 4.69) is 10.2 Å². The number of carbonyl (C=O) groups excluding carboxylic acids is 1. The number of hydrogen-bond donors (Lipinski definition) is 1. The number of thioether (sulfide) groups is 1. The van der Waals surface area contributed by atoms with Crippen LogP contribution in [0.2, 0.25) is 0 Å². The average molecular weight is 387 g/mol. The third-order valence-corrected chi connectivity index (χ3v) is 5.06. The van der Waals surface area contributed by atoms with Gasteiger partial charge in [0.05, 0.1) is 24.7 Å². The van der Waals surface area contributed by atoms with Gasteiger partial charge in [0, 0.05) is 18.8 Å². The number of ether oxygens (including phenoxy) is 1. The zero-order valence-corrected chi connectivity index (χ0v) is 16.0. The van der Waals surface area contributed by atoms with Crippen LogP contribution in [0.3, 0.4) is 0 Å². The molecule has 1 aliphatic heterocycles. The molecule has 0 saturated carbocycles. The van der Waals surface area contributed by atoms with Crippen LogP contribution in [0.15, 0.2) is 53.5 Å². The number of nitrogens with one attached hydrogen (secondary N) is 1. The molecular weight excluding hydrogens is 365 g/mol. The lowest BCUT2D eigenvalue weighted by molar-refractivity contribution is -0.113. The van der Waals surface area contributed by atoms with Crippen LogP contribution in [-0.2, 0) is 9.53 Å². The number of benzene rings is 2. The Kier molecular flexibility index (Phi) is 6.84. The molecule has 2 aromatic carbocycles. The molecule has 27 heavy (non-hydrogen) atoms. The Morgan fingerprint density at radius 3 is 2.67 bits per heavy atom. The zero-order chi connectivity index (χ0) is 19.1. The fraction of sp³-hybridized carbons (Fsp3) is 0.300. The number of rotatable bonds is 4. The number of anilines is 1. The predicted molar refractivity (Wildman–Crippen MR) is 108 cm³/mol. The highest BCUT2D eigenvalue weighted by Gasteiger charge is 2.17. The van der Waals surface area contributed by atoms with E-state index in [0.717, 1.165) is 23.9 Å². The van der Waals surface area contributed by atoms with E-state index >= 15 is 0 Å². The first-order valence-corrected chi connectivity index (χ1v) is 9.75. The number of hydrogen-bond acceptors (Lipinski definition) is 4. The number of aliphatic imine (C=N–C) groups is 1. The summed E-state index contributed by atoms with van der Waals surface area (Å²) in [6.07, 6.45) is 0. The lowest BCUT2D eigenvalue weighted by atomic mass is 10.2. The normalized spacial score (nSPS) is 14.9. The van der Waals surface area contributed by atoms with E-state index in [-0.39, 0.29) is 17.5 Å². The molecule has 3 rings (SSSR count). The van der Waals surface area contributed by atoms with E-state index in [9.17, 15) is 9.18 Å². The number of halogens is 1. The minimum atomic E-state index is -0.333. The van der Waals surface area contributed by atoms with Crippen molar-refractivity contribution in [2.75, 3.05) is 37.4 Å². The monoisotopic (exact) mass is 387 g/mol. The number of amides is 1. The van der Waals surface area contributed by atoms with Gasteiger partial charge < -0.3 is 15.0 Å². The molecule has 5 nitrogen and oxygen atoms in total. The summed E-state index contributed by atoms with van der Waals surface area (Å²) in [5, 5.41) is 3.52. The molecule has 0 bridgehead atoms. The van der Waals surface area contributed by atoms with Crippen molar-refractivity contribution in [3.63, 3.8) is 0 Å². The Labute approximate surface area is 162 Å². The first-order valence-electron chi connectivity index (χ1n) is 8.77. The molecule has 1 aliphatic rings. The predicted octanol–water partition coefficient (Wildman–Crippen LogP) is 3.83. The average Bonchev–Trinajstić information content (AvgIpc) is 2.69. The van der Waals surface area contributed by atoms with Crippen LogP contribution >= 0.6 is 11.8 Å². The van der Waals surface area contributed by atoms with Crippen molar-refractivity contribution in [1.29, 1.82) is 0 Å². The molecule has 0 unspecified atom stereocenters. The Hall–Kier alpha value is -2.38. The minimum absolute atomic E-state index is 0.193. The zero-order valence-electron chi connectivity index (χ0n) is 15.2. The summed E-state index contributed by atoms with van der Waals surface area (Å²) in [5.74, 6) is -0.337. The van der Waals surface area contributed by atoms with E-state index in [0.29, 0.717) is 24.5 Å². The molecule has 0 atom stereocenters. The smallest absolute Gasteiger partial charge is 0.234 e. The molecule has 0 aliphatic carbocycles. The van der Waals surface area contributed by atoms with Gasteiger partial charge in [-0.05, 0) is 36.8 Å². The largest absolute Gasteiger partial charge is 0.378 e. The summed E-state index contributed by atoms with van der Waals surface area (Å²) >= 11 is 1.37. The van der Waals surface area contributed by atoms with Gasteiger partial charge in [-0.3, -0.25) is 4.79 Å². The molecule has 0 aromatic heterocycles. The number of amidine groups is 1. The molecule has 1 heterocycles. The lowest BCUT2D eigenvalue weighted by Crippen LogP contribution is -2.39. The third-order valence-electron chi connectivity index (χ3n) is 4.05. The number of aryl methyl sites for hydroxylation is 1. The van der Waals surface area contributed by atoms with Gasteiger partial charge in [-0.15, -0.1) is 0 Å². The van der Waals surface area contributed by atoms with Gasteiger partial charge in [-0.2, -0.15) is 0 Å². The maximum absolute atomic E-state index is 13.6. The molecule has 2 aromatic rings. The fourth-order valence-corrected chi connectivity index (χ4v) is 3.43. The highest BCUT2D eigenvalue weighted by atomic mass is 32.2. The van der Waals surface area contributed by atoms with Gasteiger partial charge >= 0.3 is 0 Å². The van der Waals surface area contributed by atoms with Gasteiger partial charge in [-0.25, -0.2) is 9.38 Å². The van der Waals surface area contributed by atoms with E-state index in [4.69, 9.17) is 9.73 Å². The van der Waals surface area contributed by atoms with Crippen LogP contribution in [-0.4, -0.2) is 48.0 Å². The Bertz CT molecular complexity index is 808. The van der Waals surface area contributed by atoms with Crippen molar-refractivity contribution >= 4 is 34.2 Å². The van der Waals surface area contributed by atoms with E-state index in [1.807, 2.05) is 30.3 Å². The van der Waals surface area contributed by atoms with Crippen molar-refractivity contribution in [3.8, 4) is 0 Å². The molecule has 0 radical (unpaired) electrons. The summed E-state index contributed by atoms with van der Waals surface area (Å²) in [6.45, 7) is 4.45. The van der Waals surface area contributed by atoms with Gasteiger partial charge in [0.25, 0.3) is 0 Å². The molecule has 1 N–H and O–H groups in total. The van der Waals surface area contributed by atoms with Crippen LogP contribution < -0.4 is 5.32 Å². The van der Waals surface area contributed by atoms with E-state index in [1.54, 1.807) is 19.1 Å². The van der Waals surface area contributed by atoms with Crippen molar-refractivity contribution in [1.82, 2.24) is 4.90 Å². The summed E-state index contributed by atoms with van der Waals surface area (Å²) < 4.78 is 19.0. The highest BCUT2D eigenvalue weighted by molar-refractivity contribution is 8.14. The Morgan fingerprint density at radius 2 is 1.96 bits per heavy atom. The number of para-hydroxylation sites is 1. The highest BCUT2D eigenvalue weighted by Crippen LogP contribution is 2.19. The molecule has 1 amide bonds. The second-order valence-corrected chi connectivity index (χ2v) is 7.07. The Morgan fingerprint density at radius 1 is 1.22 bits per heavy atom. The maximum Gasteiger partial charge on any atom is 0.234 e. The molecule has 1 saturated heterocycles. The van der Waals surface area contributed by atoms with Crippen LogP contribution in [0.1, 0.15) is 5.56 Å². The van der Waals surface area contributed by atoms with Crippen LogP contribution in [0, 0.1) is 12.7 Å². The summed E-state index contributed by atoms with van der Waals surface area (Å²) in [7, 11) is 0. The van der Waals surface area contributed by atoms with Crippen molar-refractivity contribution in [3.05, 3.63) is 59.9 Å². The van der Waals surface area contributed by atoms with Gasteiger partial charge in [0.2, 0.25) is 5.91 Å². The fourth-order valence-electron chi connectivity index (χ4n) is 2.56. The molecule has 0 spiro atoms. The van der Waals surface area contributed by atoms with Gasteiger partial charge in [0.1, 0.15) is 5.82 Å². The molecule has 1 fully saturated rings. The van der Waals surface area contributed by atoms with Gasteiger partial charge in [0.15, 0.2) is 5.17 Å². The molecular formula is C20H22FN3O2S. The van der Waals surface area contributed by atoms with Crippen LogP contribution in [0.5, 0.6) is 0 Å². The van der Waals surface area contributed by atoms with Crippen molar-refractivity contribution in [2.45, 2.75) is 6.92 Å². The second-order valence-electron chi connectivity index (χ2n) is 6.13. The topological polar surface area (TPSA) is 53.9 Å². The minimum Gasteiger partial charge on any atom is -0.378 e. The summed E-state index contributed by atoms with van der Waals surface area (Å²) in [5.41, 5.74) is 1.84. The molecule has 142 valence electrons.